The van der Waals surface area contributed by atoms with Crippen LogP contribution < -0.4 is 10.6 Å². The van der Waals surface area contributed by atoms with Gasteiger partial charge < -0.3 is 10.6 Å². The van der Waals surface area contributed by atoms with Crippen molar-refractivity contribution in [3.8, 4) is 0 Å². The van der Waals surface area contributed by atoms with E-state index in [0.717, 1.165) is 43.4 Å². The van der Waals surface area contributed by atoms with E-state index in [9.17, 15) is 9.18 Å². The zero-order chi connectivity index (χ0) is 15.5. The highest BCUT2D eigenvalue weighted by Gasteiger charge is 2.21. The van der Waals surface area contributed by atoms with E-state index < -0.39 is 0 Å². The molecule has 1 aliphatic rings. The third-order valence-electron chi connectivity index (χ3n) is 4.34. The molecule has 0 saturated carbocycles. The predicted octanol–water partition coefficient (Wildman–Crippen LogP) is 2.86. The minimum absolute atomic E-state index is 0.234. The van der Waals surface area contributed by atoms with E-state index in [4.69, 9.17) is 5.73 Å². The summed E-state index contributed by atoms with van der Waals surface area (Å²) in [4.78, 5) is 17.5. The fourth-order valence-electron chi connectivity index (χ4n) is 3.25. The molecule has 1 aromatic heterocycles. The van der Waals surface area contributed by atoms with Crippen LogP contribution in [-0.4, -0.2) is 24.0 Å². The van der Waals surface area contributed by atoms with Crippen LogP contribution in [0, 0.1) is 11.7 Å². The molecular formula is C17H20FN3O. The number of aromatic nitrogens is 1. The summed E-state index contributed by atoms with van der Waals surface area (Å²) in [6, 6.07) is 6.71. The van der Waals surface area contributed by atoms with Crippen molar-refractivity contribution >= 4 is 22.5 Å². The molecule has 0 unspecified atom stereocenters. The third-order valence-corrected chi connectivity index (χ3v) is 4.34. The van der Waals surface area contributed by atoms with Gasteiger partial charge in [0.1, 0.15) is 5.82 Å². The number of halogens is 1. The Balaban J connectivity index is 1.82. The Morgan fingerprint density at radius 2 is 2.27 bits per heavy atom. The molecule has 2 aromatic rings. The average molecular weight is 301 g/mol. The normalized spacial score (nSPS) is 18.6. The number of rotatable bonds is 4. The Morgan fingerprint density at radius 3 is 3.09 bits per heavy atom. The summed E-state index contributed by atoms with van der Waals surface area (Å²) in [5.74, 6) is -0.0259. The maximum absolute atomic E-state index is 13.4. The number of primary amides is 1. The molecule has 2 heterocycles. The van der Waals surface area contributed by atoms with E-state index in [1.165, 1.54) is 12.1 Å². The fourth-order valence-corrected chi connectivity index (χ4v) is 3.25. The van der Waals surface area contributed by atoms with Crippen molar-refractivity contribution in [2.45, 2.75) is 25.7 Å². The highest BCUT2D eigenvalue weighted by Crippen LogP contribution is 2.30. The number of amides is 1. The molecule has 1 saturated heterocycles. The molecule has 1 aromatic carbocycles. The highest BCUT2D eigenvalue weighted by molar-refractivity contribution is 5.91. The number of piperidine rings is 1. The van der Waals surface area contributed by atoms with E-state index >= 15 is 0 Å². The van der Waals surface area contributed by atoms with Gasteiger partial charge in [0.25, 0.3) is 0 Å². The Kier molecular flexibility index (Phi) is 4.22. The van der Waals surface area contributed by atoms with Crippen LogP contribution in [0.5, 0.6) is 0 Å². The summed E-state index contributed by atoms with van der Waals surface area (Å²) in [7, 11) is 0. The number of pyridine rings is 1. The number of benzene rings is 1. The number of anilines is 1. The molecule has 0 radical (unpaired) electrons. The van der Waals surface area contributed by atoms with Gasteiger partial charge in [-0.2, -0.15) is 0 Å². The second-order valence-corrected chi connectivity index (χ2v) is 5.95. The van der Waals surface area contributed by atoms with Crippen molar-refractivity contribution in [3.63, 3.8) is 0 Å². The van der Waals surface area contributed by atoms with E-state index in [-0.39, 0.29) is 11.7 Å². The summed E-state index contributed by atoms with van der Waals surface area (Å²) >= 11 is 0. The number of fused-ring (bicyclic) bond motifs is 1. The molecule has 1 amide bonds. The van der Waals surface area contributed by atoms with Gasteiger partial charge in [-0.05, 0) is 43.4 Å². The van der Waals surface area contributed by atoms with Crippen LogP contribution in [0.3, 0.4) is 0 Å². The zero-order valence-electron chi connectivity index (χ0n) is 12.5. The van der Waals surface area contributed by atoms with Gasteiger partial charge in [-0.25, -0.2) is 4.39 Å². The second-order valence-electron chi connectivity index (χ2n) is 5.95. The quantitative estimate of drug-likeness (QED) is 0.944. The summed E-state index contributed by atoms with van der Waals surface area (Å²) in [5, 5.41) is 0.972. The molecule has 1 atom stereocenters. The number of hydrogen-bond donors (Lipinski definition) is 1. The van der Waals surface area contributed by atoms with Crippen LogP contribution in [-0.2, 0) is 4.79 Å². The number of nitrogens with zero attached hydrogens (tertiary/aromatic N) is 2. The van der Waals surface area contributed by atoms with Crippen LogP contribution in [0.1, 0.15) is 25.7 Å². The molecule has 5 heteroatoms. The summed E-state index contributed by atoms with van der Waals surface area (Å²) in [6.45, 7) is 1.88. The largest absolute Gasteiger partial charge is 0.371 e. The first-order chi connectivity index (χ1) is 10.6. The molecule has 1 fully saturated rings. The maximum Gasteiger partial charge on any atom is 0.217 e. The van der Waals surface area contributed by atoms with E-state index in [1.54, 1.807) is 12.3 Å². The first kappa shape index (κ1) is 14.8. The summed E-state index contributed by atoms with van der Waals surface area (Å²) in [5.41, 5.74) is 7.02. The Labute approximate surface area is 129 Å². The van der Waals surface area contributed by atoms with Crippen molar-refractivity contribution in [2.75, 3.05) is 18.0 Å². The fraction of sp³-hybridized carbons (Fsp3) is 0.412. The SMILES string of the molecule is NC(=O)CC[C@@H]1CCCN(c2ccnc3cc(F)ccc23)C1. The van der Waals surface area contributed by atoms with Gasteiger partial charge >= 0.3 is 0 Å². The lowest BCUT2D eigenvalue weighted by molar-refractivity contribution is -0.118. The van der Waals surface area contributed by atoms with Gasteiger partial charge in [0.05, 0.1) is 5.52 Å². The van der Waals surface area contributed by atoms with Crippen molar-refractivity contribution < 1.29 is 9.18 Å². The van der Waals surface area contributed by atoms with E-state index in [0.29, 0.717) is 17.9 Å². The minimum atomic E-state index is -0.268. The maximum atomic E-state index is 13.4. The monoisotopic (exact) mass is 301 g/mol. The number of carbonyl (C=O) groups is 1. The Hall–Kier alpha value is -2.17. The number of nitrogens with two attached hydrogens (primary N) is 1. The van der Waals surface area contributed by atoms with Crippen molar-refractivity contribution in [1.29, 1.82) is 0 Å². The van der Waals surface area contributed by atoms with E-state index in [2.05, 4.69) is 9.88 Å². The van der Waals surface area contributed by atoms with Crippen LogP contribution in [0.15, 0.2) is 30.5 Å². The van der Waals surface area contributed by atoms with Gasteiger partial charge in [0.15, 0.2) is 0 Å². The number of carbonyl (C=O) groups excluding carboxylic acids is 1. The molecule has 0 spiro atoms. The minimum Gasteiger partial charge on any atom is -0.371 e. The lowest BCUT2D eigenvalue weighted by Gasteiger charge is -2.35. The zero-order valence-corrected chi connectivity index (χ0v) is 12.5. The van der Waals surface area contributed by atoms with Crippen molar-refractivity contribution in [1.82, 2.24) is 4.98 Å². The van der Waals surface area contributed by atoms with Gasteiger partial charge in [-0.15, -0.1) is 0 Å². The molecular weight excluding hydrogens is 281 g/mol. The summed E-state index contributed by atoms with van der Waals surface area (Å²) in [6.07, 6.45) is 5.23. The van der Waals surface area contributed by atoms with Gasteiger partial charge in [-0.1, -0.05) is 0 Å². The van der Waals surface area contributed by atoms with Crippen molar-refractivity contribution in [2.24, 2.45) is 11.7 Å². The topological polar surface area (TPSA) is 59.2 Å². The van der Waals surface area contributed by atoms with Crippen LogP contribution in [0.2, 0.25) is 0 Å². The molecule has 22 heavy (non-hydrogen) atoms. The third kappa shape index (κ3) is 3.18. The lowest BCUT2D eigenvalue weighted by Crippen LogP contribution is -2.36. The molecule has 116 valence electrons. The van der Waals surface area contributed by atoms with Crippen molar-refractivity contribution in [3.05, 3.63) is 36.3 Å². The molecule has 2 N–H and O–H groups in total. The lowest BCUT2D eigenvalue weighted by atomic mass is 9.92. The average Bonchev–Trinajstić information content (AvgIpc) is 2.52. The van der Waals surface area contributed by atoms with Gasteiger partial charge in [0.2, 0.25) is 5.91 Å². The highest BCUT2D eigenvalue weighted by atomic mass is 19.1. The summed E-state index contributed by atoms with van der Waals surface area (Å²) < 4.78 is 13.4. The van der Waals surface area contributed by atoms with Gasteiger partial charge in [0, 0.05) is 42.8 Å². The van der Waals surface area contributed by atoms with Gasteiger partial charge in [-0.3, -0.25) is 9.78 Å². The first-order valence-electron chi connectivity index (χ1n) is 7.71. The molecule has 1 aliphatic heterocycles. The number of hydrogen-bond acceptors (Lipinski definition) is 3. The molecule has 4 nitrogen and oxygen atoms in total. The first-order valence-corrected chi connectivity index (χ1v) is 7.71. The van der Waals surface area contributed by atoms with E-state index in [1.807, 2.05) is 6.07 Å². The molecule has 0 aliphatic carbocycles. The second kappa shape index (κ2) is 6.30. The smallest absolute Gasteiger partial charge is 0.217 e. The van der Waals surface area contributed by atoms with Crippen LogP contribution in [0.25, 0.3) is 10.9 Å². The molecule has 3 rings (SSSR count). The standard InChI is InChI=1S/C17H20FN3O/c18-13-4-5-14-15(10-13)20-8-7-16(14)21-9-1-2-12(11-21)3-6-17(19)22/h4-5,7-8,10,12H,1-3,6,9,11H2,(H2,19,22)/t12-/m0/s1. The Bertz CT molecular complexity index is 689. The predicted molar refractivity (Wildman–Crippen MR) is 85.1 cm³/mol. The molecule has 0 bridgehead atoms. The Morgan fingerprint density at radius 1 is 1.41 bits per heavy atom. The van der Waals surface area contributed by atoms with Crippen LogP contribution >= 0.6 is 0 Å². The van der Waals surface area contributed by atoms with Crippen LogP contribution in [0.4, 0.5) is 10.1 Å².